The van der Waals surface area contributed by atoms with Crippen LogP contribution in [0, 0.1) is 0 Å². The summed E-state index contributed by atoms with van der Waals surface area (Å²) in [4.78, 5) is 6.32. The Morgan fingerprint density at radius 2 is 2.33 bits per heavy atom. The molecule has 0 atom stereocenters. The van der Waals surface area contributed by atoms with E-state index < -0.39 is 10.0 Å². The van der Waals surface area contributed by atoms with Crippen LogP contribution in [0.4, 0.5) is 0 Å². The van der Waals surface area contributed by atoms with Gasteiger partial charge >= 0.3 is 0 Å². The van der Waals surface area contributed by atoms with E-state index in [1.54, 1.807) is 0 Å². The summed E-state index contributed by atoms with van der Waals surface area (Å²) in [5.41, 5.74) is -0.218. The molecule has 5 nitrogen and oxygen atoms in total. The van der Waals surface area contributed by atoms with Crippen molar-refractivity contribution in [1.82, 2.24) is 14.7 Å². The standard InChI is InChI=1S/C9H15N3O2S/c1-2-9(4-3-5-9)12-15(13,14)8-6-10-7-11-8/h6-7,12H,2-5H2,1H3,(H,10,11). The lowest BCUT2D eigenvalue weighted by Gasteiger charge is -2.41. The van der Waals surface area contributed by atoms with Gasteiger partial charge in [-0.2, -0.15) is 0 Å². The number of nitrogens with zero attached hydrogens (tertiary/aromatic N) is 1. The molecule has 0 amide bonds. The van der Waals surface area contributed by atoms with Crippen LogP contribution in [-0.4, -0.2) is 23.9 Å². The van der Waals surface area contributed by atoms with Crippen LogP contribution >= 0.6 is 0 Å². The molecule has 0 bridgehead atoms. The molecule has 0 saturated heterocycles. The summed E-state index contributed by atoms with van der Waals surface area (Å²) in [6.07, 6.45) is 6.48. The van der Waals surface area contributed by atoms with Crippen molar-refractivity contribution in [2.24, 2.45) is 0 Å². The van der Waals surface area contributed by atoms with Gasteiger partial charge in [0.15, 0.2) is 5.03 Å². The van der Waals surface area contributed by atoms with Gasteiger partial charge in [0.1, 0.15) is 0 Å². The number of imidazole rings is 1. The molecule has 0 radical (unpaired) electrons. The normalized spacial score (nSPS) is 19.8. The fraction of sp³-hybridized carbons (Fsp3) is 0.667. The highest BCUT2D eigenvalue weighted by molar-refractivity contribution is 7.89. The topological polar surface area (TPSA) is 74.8 Å². The maximum Gasteiger partial charge on any atom is 0.258 e. The second kappa shape index (κ2) is 3.61. The van der Waals surface area contributed by atoms with Crippen LogP contribution in [0.2, 0.25) is 0 Å². The first-order chi connectivity index (χ1) is 7.08. The Bertz CT molecular complexity index is 415. The molecule has 1 fully saturated rings. The summed E-state index contributed by atoms with van der Waals surface area (Å²) in [7, 11) is -3.42. The Kier molecular flexibility index (Phi) is 2.56. The first-order valence-corrected chi connectivity index (χ1v) is 6.59. The van der Waals surface area contributed by atoms with E-state index in [4.69, 9.17) is 0 Å². The van der Waals surface area contributed by atoms with E-state index >= 15 is 0 Å². The Labute approximate surface area is 89.4 Å². The van der Waals surface area contributed by atoms with Crippen LogP contribution in [-0.2, 0) is 10.0 Å². The van der Waals surface area contributed by atoms with Crippen molar-refractivity contribution in [3.63, 3.8) is 0 Å². The van der Waals surface area contributed by atoms with Crippen LogP contribution in [0.3, 0.4) is 0 Å². The van der Waals surface area contributed by atoms with Gasteiger partial charge in [0.25, 0.3) is 10.0 Å². The zero-order valence-electron chi connectivity index (χ0n) is 8.66. The highest BCUT2D eigenvalue weighted by Gasteiger charge is 2.39. The highest BCUT2D eigenvalue weighted by Crippen LogP contribution is 2.35. The van der Waals surface area contributed by atoms with Crippen molar-refractivity contribution in [3.8, 4) is 0 Å². The molecule has 0 unspecified atom stereocenters. The third-order valence-electron chi connectivity index (χ3n) is 3.10. The average molecular weight is 229 g/mol. The van der Waals surface area contributed by atoms with Gasteiger partial charge in [-0.25, -0.2) is 18.1 Å². The minimum absolute atomic E-state index is 0.141. The summed E-state index contributed by atoms with van der Waals surface area (Å²) < 4.78 is 26.5. The molecule has 2 rings (SSSR count). The van der Waals surface area contributed by atoms with Gasteiger partial charge in [-0.1, -0.05) is 6.92 Å². The number of rotatable bonds is 4. The third-order valence-corrected chi connectivity index (χ3v) is 4.60. The first kappa shape index (κ1) is 10.6. The second-order valence-corrected chi connectivity index (χ2v) is 5.66. The van der Waals surface area contributed by atoms with E-state index in [9.17, 15) is 8.42 Å². The molecule has 84 valence electrons. The maximum atomic E-state index is 11.9. The number of hydrogen-bond acceptors (Lipinski definition) is 3. The Hall–Kier alpha value is -0.880. The summed E-state index contributed by atoms with van der Waals surface area (Å²) in [5.74, 6) is 0. The second-order valence-electron chi connectivity index (χ2n) is 4.01. The quantitative estimate of drug-likeness (QED) is 0.809. The maximum absolute atomic E-state index is 11.9. The third kappa shape index (κ3) is 1.91. The lowest BCUT2D eigenvalue weighted by atomic mass is 9.76. The number of H-pyrrole nitrogens is 1. The van der Waals surface area contributed by atoms with E-state index in [0.717, 1.165) is 25.7 Å². The minimum atomic E-state index is -3.42. The lowest BCUT2D eigenvalue weighted by Crippen LogP contribution is -2.52. The van der Waals surface area contributed by atoms with Gasteiger partial charge in [-0.15, -0.1) is 0 Å². The van der Waals surface area contributed by atoms with E-state index in [2.05, 4.69) is 14.7 Å². The van der Waals surface area contributed by atoms with Crippen LogP contribution in [0.1, 0.15) is 32.6 Å². The number of aromatic amines is 1. The van der Waals surface area contributed by atoms with E-state index in [1.165, 1.54) is 12.5 Å². The van der Waals surface area contributed by atoms with Gasteiger partial charge in [-0.3, -0.25) is 0 Å². The van der Waals surface area contributed by atoms with Crippen LogP contribution in [0.15, 0.2) is 17.6 Å². The highest BCUT2D eigenvalue weighted by atomic mass is 32.2. The van der Waals surface area contributed by atoms with Crippen molar-refractivity contribution < 1.29 is 8.42 Å². The van der Waals surface area contributed by atoms with Gasteiger partial charge in [0.05, 0.1) is 12.5 Å². The van der Waals surface area contributed by atoms with Crippen LogP contribution < -0.4 is 4.72 Å². The zero-order valence-corrected chi connectivity index (χ0v) is 9.47. The van der Waals surface area contributed by atoms with Crippen molar-refractivity contribution in [1.29, 1.82) is 0 Å². The first-order valence-electron chi connectivity index (χ1n) is 5.10. The monoisotopic (exact) mass is 229 g/mol. The van der Waals surface area contributed by atoms with Gasteiger partial charge < -0.3 is 4.98 Å². The lowest BCUT2D eigenvalue weighted by molar-refractivity contribution is 0.213. The van der Waals surface area contributed by atoms with E-state index in [1.807, 2.05) is 6.92 Å². The summed E-state index contributed by atoms with van der Waals surface area (Å²) in [6, 6.07) is 0. The Morgan fingerprint density at radius 1 is 1.60 bits per heavy atom. The molecule has 6 heteroatoms. The molecule has 1 aliphatic carbocycles. The predicted octanol–water partition coefficient (Wildman–Crippen LogP) is 1.02. The Morgan fingerprint density at radius 3 is 2.73 bits per heavy atom. The SMILES string of the molecule is CCC1(NS(=O)(=O)c2cnc[nH]2)CCC1. The van der Waals surface area contributed by atoms with Crippen molar-refractivity contribution >= 4 is 10.0 Å². The van der Waals surface area contributed by atoms with Crippen molar-refractivity contribution in [2.45, 2.75) is 43.2 Å². The van der Waals surface area contributed by atoms with Crippen LogP contribution in [0.25, 0.3) is 0 Å². The molecule has 1 aliphatic rings. The largest absolute Gasteiger partial charge is 0.335 e. The molecule has 0 aliphatic heterocycles. The van der Waals surface area contributed by atoms with Crippen molar-refractivity contribution in [3.05, 3.63) is 12.5 Å². The van der Waals surface area contributed by atoms with Gasteiger partial charge in [0.2, 0.25) is 0 Å². The molecule has 1 aromatic heterocycles. The smallest absolute Gasteiger partial charge is 0.258 e. The predicted molar refractivity (Wildman–Crippen MR) is 55.8 cm³/mol. The number of aromatic nitrogens is 2. The van der Waals surface area contributed by atoms with Gasteiger partial charge in [0, 0.05) is 5.54 Å². The fourth-order valence-corrected chi connectivity index (χ4v) is 3.30. The molecule has 1 heterocycles. The molecule has 0 spiro atoms. The molecular weight excluding hydrogens is 214 g/mol. The summed E-state index contributed by atoms with van der Waals surface area (Å²) >= 11 is 0. The summed E-state index contributed by atoms with van der Waals surface area (Å²) in [6.45, 7) is 2.01. The Balaban J connectivity index is 2.18. The number of hydrogen-bond donors (Lipinski definition) is 2. The van der Waals surface area contributed by atoms with Gasteiger partial charge in [-0.05, 0) is 25.7 Å². The molecule has 15 heavy (non-hydrogen) atoms. The van der Waals surface area contributed by atoms with Crippen LogP contribution in [0.5, 0.6) is 0 Å². The minimum Gasteiger partial charge on any atom is -0.335 e. The van der Waals surface area contributed by atoms with Crippen molar-refractivity contribution in [2.75, 3.05) is 0 Å². The van der Waals surface area contributed by atoms with E-state index in [0.29, 0.717) is 0 Å². The fourth-order valence-electron chi connectivity index (χ4n) is 1.86. The molecule has 1 saturated carbocycles. The summed E-state index contributed by atoms with van der Waals surface area (Å²) in [5, 5.41) is 0.141. The molecule has 0 aromatic carbocycles. The number of sulfonamides is 1. The number of nitrogens with one attached hydrogen (secondary N) is 2. The average Bonchev–Trinajstić information content (AvgIpc) is 2.64. The molecular formula is C9H15N3O2S. The molecule has 1 aromatic rings. The molecule has 2 N–H and O–H groups in total. The zero-order chi connectivity index (χ0) is 10.9. The van der Waals surface area contributed by atoms with E-state index in [-0.39, 0.29) is 10.6 Å².